The fraction of sp³-hybridized carbons (Fsp3) is 0.167. The zero-order chi connectivity index (χ0) is 18.5. The number of H-pyrrole nitrogens is 1. The van der Waals surface area contributed by atoms with E-state index in [-0.39, 0.29) is 18.5 Å². The first-order valence-electron chi connectivity index (χ1n) is 7.93. The van der Waals surface area contributed by atoms with Gasteiger partial charge in [0.25, 0.3) is 0 Å². The number of aliphatic imine (C=N–C) groups is 1. The number of hydrogen-bond donors (Lipinski definition) is 2. The number of ether oxygens (including phenoxy) is 1. The van der Waals surface area contributed by atoms with Crippen LogP contribution in [0.5, 0.6) is 5.75 Å². The maximum absolute atomic E-state index is 11.5. The molecule has 0 aliphatic heterocycles. The number of aromatic amines is 1. The summed E-state index contributed by atoms with van der Waals surface area (Å²) in [6, 6.07) is 14.9. The molecule has 134 valence electrons. The first kappa shape index (κ1) is 17.3. The number of carbonyl (C=O) groups is 1. The Labute approximate surface area is 150 Å². The lowest BCUT2D eigenvalue weighted by Crippen LogP contribution is -2.39. The van der Waals surface area contributed by atoms with Crippen LogP contribution in [-0.4, -0.2) is 29.0 Å². The van der Waals surface area contributed by atoms with Crippen LogP contribution in [0.25, 0.3) is 11.0 Å². The van der Waals surface area contributed by atoms with Gasteiger partial charge in [0.15, 0.2) is 0 Å². The van der Waals surface area contributed by atoms with E-state index in [4.69, 9.17) is 15.3 Å². The molecule has 3 N–H and O–H groups in total. The summed E-state index contributed by atoms with van der Waals surface area (Å²) in [7, 11) is 1.59. The topological polar surface area (TPSA) is 106 Å². The van der Waals surface area contributed by atoms with Crippen LogP contribution in [0.1, 0.15) is 12.5 Å². The summed E-state index contributed by atoms with van der Waals surface area (Å²) in [5, 5.41) is 1.08. The second-order valence-electron chi connectivity index (χ2n) is 5.44. The van der Waals surface area contributed by atoms with Crippen LogP contribution in [0, 0.1) is 0 Å². The van der Waals surface area contributed by atoms with Gasteiger partial charge in [-0.25, -0.2) is 14.8 Å². The lowest BCUT2D eigenvalue weighted by molar-refractivity contribution is -0.140. The number of methoxy groups -OCH3 is 1. The molecule has 3 aromatic rings. The number of fused-ring (bicyclic) bond motifs is 1. The van der Waals surface area contributed by atoms with Crippen LogP contribution in [0.15, 0.2) is 53.5 Å². The summed E-state index contributed by atoms with van der Waals surface area (Å²) < 4.78 is 5.30. The Hall–Kier alpha value is -3.55. The molecule has 0 radical (unpaired) electrons. The minimum absolute atomic E-state index is 0.00911. The summed E-state index contributed by atoms with van der Waals surface area (Å²) in [4.78, 5) is 28.4. The van der Waals surface area contributed by atoms with Gasteiger partial charge < -0.3 is 20.3 Å². The predicted octanol–water partition coefficient (Wildman–Crippen LogP) is 2.37. The summed E-state index contributed by atoms with van der Waals surface area (Å²) in [6.45, 7) is 1.54. The number of aromatic nitrogens is 2. The Bertz CT molecular complexity index is 918. The van der Waals surface area contributed by atoms with Crippen LogP contribution in [-0.2, 0) is 16.2 Å². The van der Waals surface area contributed by atoms with Gasteiger partial charge in [-0.15, -0.1) is 5.06 Å². The highest BCUT2D eigenvalue weighted by atomic mass is 16.7. The lowest BCUT2D eigenvalue weighted by Gasteiger charge is -2.18. The fourth-order valence-corrected chi connectivity index (χ4v) is 2.43. The second-order valence-corrected chi connectivity index (χ2v) is 5.44. The molecule has 0 saturated heterocycles. The summed E-state index contributed by atoms with van der Waals surface area (Å²) >= 11 is 0. The molecule has 26 heavy (non-hydrogen) atoms. The van der Waals surface area contributed by atoms with Crippen LogP contribution < -0.4 is 15.5 Å². The molecule has 0 aliphatic rings. The maximum atomic E-state index is 11.5. The van der Waals surface area contributed by atoms with Gasteiger partial charge in [0.1, 0.15) is 5.75 Å². The monoisotopic (exact) mass is 353 g/mol. The Balaban J connectivity index is 1.90. The SMILES string of the molecule is COc1ccccc1CN=C(N)N(OC(C)=O)c1nc2ccccc2[nH]1. The Morgan fingerprint density at radius 1 is 1.23 bits per heavy atom. The van der Waals surface area contributed by atoms with Gasteiger partial charge in [0.2, 0.25) is 11.9 Å². The molecule has 3 rings (SSSR count). The average molecular weight is 353 g/mol. The van der Waals surface area contributed by atoms with E-state index >= 15 is 0 Å². The molecule has 0 atom stereocenters. The number of imidazole rings is 1. The first-order chi connectivity index (χ1) is 12.6. The molecule has 0 spiro atoms. The summed E-state index contributed by atoms with van der Waals surface area (Å²) in [5.41, 5.74) is 8.42. The van der Waals surface area contributed by atoms with Crippen molar-refractivity contribution in [3.8, 4) is 5.75 Å². The molecular weight excluding hydrogens is 334 g/mol. The third-order valence-electron chi connectivity index (χ3n) is 3.60. The Kier molecular flexibility index (Phi) is 5.02. The Morgan fingerprint density at radius 3 is 2.69 bits per heavy atom. The average Bonchev–Trinajstić information content (AvgIpc) is 3.08. The van der Waals surface area contributed by atoms with Gasteiger partial charge in [-0.1, -0.05) is 30.3 Å². The van der Waals surface area contributed by atoms with E-state index in [0.717, 1.165) is 21.7 Å². The highest BCUT2D eigenvalue weighted by Gasteiger charge is 2.19. The number of guanidine groups is 1. The van der Waals surface area contributed by atoms with E-state index in [0.29, 0.717) is 5.75 Å². The van der Waals surface area contributed by atoms with Crippen molar-refractivity contribution in [3.05, 3.63) is 54.1 Å². The fourth-order valence-electron chi connectivity index (χ4n) is 2.43. The second kappa shape index (κ2) is 7.56. The Morgan fingerprint density at radius 2 is 1.96 bits per heavy atom. The van der Waals surface area contributed by atoms with Gasteiger partial charge in [-0.2, -0.15) is 0 Å². The van der Waals surface area contributed by atoms with Gasteiger partial charge >= 0.3 is 5.97 Å². The van der Waals surface area contributed by atoms with E-state index < -0.39 is 5.97 Å². The molecule has 1 aromatic heterocycles. The quantitative estimate of drug-likeness (QED) is 0.424. The number of para-hydroxylation sites is 3. The number of anilines is 1. The molecule has 0 fully saturated rings. The lowest BCUT2D eigenvalue weighted by atomic mass is 10.2. The molecule has 0 aliphatic carbocycles. The number of hydroxylamine groups is 1. The van der Waals surface area contributed by atoms with Crippen molar-refractivity contribution in [3.63, 3.8) is 0 Å². The highest BCUT2D eigenvalue weighted by Crippen LogP contribution is 2.20. The molecule has 0 bridgehead atoms. The molecule has 0 unspecified atom stereocenters. The standard InChI is InChI=1S/C18H19N5O3/c1-12(24)26-23(18-21-14-8-4-5-9-15(14)22-18)17(19)20-11-13-7-3-6-10-16(13)25-2/h3-10H,11H2,1-2H3,(H2,19,20)(H,21,22). The number of nitrogens with two attached hydrogens (primary N) is 1. The molecule has 8 nitrogen and oxygen atoms in total. The number of benzene rings is 2. The minimum Gasteiger partial charge on any atom is -0.496 e. The zero-order valence-electron chi connectivity index (χ0n) is 14.5. The van der Waals surface area contributed by atoms with Crippen molar-refractivity contribution < 1.29 is 14.4 Å². The van der Waals surface area contributed by atoms with Crippen molar-refractivity contribution in [2.45, 2.75) is 13.5 Å². The molecule has 2 aromatic carbocycles. The number of nitrogens with one attached hydrogen (secondary N) is 1. The van der Waals surface area contributed by atoms with E-state index in [2.05, 4.69) is 15.0 Å². The number of carbonyl (C=O) groups excluding carboxylic acids is 1. The zero-order valence-corrected chi connectivity index (χ0v) is 14.5. The van der Waals surface area contributed by atoms with Crippen LogP contribution in [0.4, 0.5) is 5.95 Å². The van der Waals surface area contributed by atoms with Gasteiger partial charge in [-0.3, -0.25) is 0 Å². The highest BCUT2D eigenvalue weighted by molar-refractivity contribution is 5.94. The number of hydrogen-bond acceptors (Lipinski definition) is 5. The third kappa shape index (κ3) is 3.75. The van der Waals surface area contributed by atoms with E-state index in [1.165, 1.54) is 6.92 Å². The third-order valence-corrected chi connectivity index (χ3v) is 3.60. The van der Waals surface area contributed by atoms with Crippen LogP contribution in [0.3, 0.4) is 0 Å². The van der Waals surface area contributed by atoms with Crippen molar-refractivity contribution in [2.24, 2.45) is 10.7 Å². The molecular formula is C18H19N5O3. The van der Waals surface area contributed by atoms with Crippen molar-refractivity contribution in [1.82, 2.24) is 9.97 Å². The molecule has 0 amide bonds. The van der Waals surface area contributed by atoms with Gasteiger partial charge in [0, 0.05) is 12.5 Å². The summed E-state index contributed by atoms with van der Waals surface area (Å²) in [5.74, 6) is 0.417. The predicted molar refractivity (Wildman–Crippen MR) is 98.7 cm³/mol. The largest absolute Gasteiger partial charge is 0.496 e. The van der Waals surface area contributed by atoms with E-state index in [1.54, 1.807) is 7.11 Å². The van der Waals surface area contributed by atoms with E-state index in [1.807, 2.05) is 48.5 Å². The summed E-state index contributed by atoms with van der Waals surface area (Å²) in [6.07, 6.45) is 0. The number of rotatable bonds is 4. The van der Waals surface area contributed by atoms with Crippen molar-refractivity contribution >= 4 is 28.9 Å². The minimum atomic E-state index is -0.541. The number of nitrogens with zero attached hydrogens (tertiary/aromatic N) is 3. The maximum Gasteiger partial charge on any atom is 0.330 e. The van der Waals surface area contributed by atoms with E-state index in [9.17, 15) is 4.79 Å². The molecule has 0 saturated carbocycles. The van der Waals surface area contributed by atoms with Crippen LogP contribution >= 0.6 is 0 Å². The molecule has 1 heterocycles. The van der Waals surface area contributed by atoms with Crippen LogP contribution in [0.2, 0.25) is 0 Å². The van der Waals surface area contributed by atoms with Crippen molar-refractivity contribution in [2.75, 3.05) is 12.2 Å². The smallest absolute Gasteiger partial charge is 0.330 e. The normalized spacial score (nSPS) is 11.4. The van der Waals surface area contributed by atoms with Crippen molar-refractivity contribution in [1.29, 1.82) is 0 Å². The van der Waals surface area contributed by atoms with Gasteiger partial charge in [-0.05, 0) is 18.2 Å². The molecule has 8 heteroatoms. The first-order valence-corrected chi connectivity index (χ1v) is 7.93. The van der Waals surface area contributed by atoms with Gasteiger partial charge in [0.05, 0.1) is 24.7 Å².